The number of hydrogen-bond acceptors (Lipinski definition) is 7. The number of benzene rings is 2. The normalized spacial score (nSPS) is 18.6. The van der Waals surface area contributed by atoms with Crippen LogP contribution >= 0.6 is 11.8 Å². The summed E-state index contributed by atoms with van der Waals surface area (Å²) in [7, 11) is 1.67. The molecule has 1 spiro atoms. The van der Waals surface area contributed by atoms with Gasteiger partial charge in [-0.1, -0.05) is 42.1 Å². The van der Waals surface area contributed by atoms with Crippen LogP contribution in [0, 0.1) is 5.41 Å². The Kier molecular flexibility index (Phi) is 6.73. The molecule has 1 fully saturated rings. The Morgan fingerprint density at radius 3 is 2.62 bits per heavy atom. The third-order valence-corrected chi connectivity index (χ3v) is 9.48. The van der Waals surface area contributed by atoms with Crippen LogP contribution in [-0.2, 0) is 17.7 Å². The molecule has 7 nitrogen and oxygen atoms in total. The van der Waals surface area contributed by atoms with Crippen LogP contribution in [0.5, 0.6) is 0 Å². The zero-order valence-electron chi connectivity index (χ0n) is 22.8. The van der Waals surface area contributed by atoms with Crippen LogP contribution in [0.3, 0.4) is 0 Å². The second-order valence-corrected chi connectivity index (χ2v) is 12.6. The lowest BCUT2D eigenvalue weighted by molar-refractivity contribution is 0.00749. The molecule has 1 atom stereocenters. The van der Waals surface area contributed by atoms with E-state index >= 15 is 0 Å². The van der Waals surface area contributed by atoms with Gasteiger partial charge in [-0.2, -0.15) is 0 Å². The molecule has 0 saturated carbocycles. The SMILES string of the molecule is COC(C)(C)Cn1ccc2ccc(Sc3cnc(N4CCC5(CC4)Cc4ccccc4[C@H]5N)cn3)cc2c1=O. The molecule has 1 saturated heterocycles. The molecule has 0 radical (unpaired) electrons. The van der Waals surface area contributed by atoms with E-state index in [0.29, 0.717) is 11.9 Å². The van der Waals surface area contributed by atoms with Gasteiger partial charge in [0.2, 0.25) is 0 Å². The Balaban J connectivity index is 1.13. The Morgan fingerprint density at radius 1 is 1.10 bits per heavy atom. The summed E-state index contributed by atoms with van der Waals surface area (Å²) >= 11 is 1.52. The van der Waals surface area contributed by atoms with Gasteiger partial charge in [0.1, 0.15) is 10.8 Å². The molecular formula is C31H35N5O2S. The highest BCUT2D eigenvalue weighted by atomic mass is 32.2. The molecule has 0 unspecified atom stereocenters. The van der Waals surface area contributed by atoms with E-state index in [1.165, 1.54) is 22.9 Å². The van der Waals surface area contributed by atoms with Crippen molar-refractivity contribution >= 4 is 28.4 Å². The Hall–Kier alpha value is -3.20. The van der Waals surface area contributed by atoms with Crippen molar-refractivity contribution in [2.45, 2.75) is 61.2 Å². The monoisotopic (exact) mass is 541 g/mol. The Morgan fingerprint density at radius 2 is 1.90 bits per heavy atom. The Bertz CT molecular complexity index is 1560. The first-order valence-corrected chi connectivity index (χ1v) is 14.4. The second-order valence-electron chi connectivity index (χ2n) is 11.5. The molecule has 2 aromatic carbocycles. The number of fused-ring (bicyclic) bond motifs is 2. The van der Waals surface area contributed by atoms with E-state index in [0.717, 1.165) is 53.5 Å². The van der Waals surface area contributed by atoms with Crippen molar-refractivity contribution in [2.24, 2.45) is 11.1 Å². The van der Waals surface area contributed by atoms with Crippen LogP contribution < -0.4 is 16.2 Å². The molecule has 6 rings (SSSR count). The fraction of sp³-hybridized carbons (Fsp3) is 0.387. The van der Waals surface area contributed by atoms with E-state index in [1.807, 2.05) is 56.7 Å². The number of methoxy groups -OCH3 is 1. The number of nitrogens with zero attached hydrogens (tertiary/aromatic N) is 4. The van der Waals surface area contributed by atoms with Gasteiger partial charge in [-0.3, -0.25) is 4.79 Å². The number of nitrogens with two attached hydrogens (primary N) is 1. The maximum Gasteiger partial charge on any atom is 0.258 e. The molecule has 39 heavy (non-hydrogen) atoms. The van der Waals surface area contributed by atoms with Gasteiger partial charge >= 0.3 is 0 Å². The average molecular weight is 542 g/mol. The third kappa shape index (κ3) is 4.97. The van der Waals surface area contributed by atoms with Gasteiger partial charge in [0.25, 0.3) is 5.56 Å². The molecule has 202 valence electrons. The molecule has 2 aromatic heterocycles. The summed E-state index contributed by atoms with van der Waals surface area (Å²) in [6.07, 6.45) is 8.71. The number of aromatic nitrogens is 3. The fourth-order valence-electron chi connectivity index (χ4n) is 6.05. The van der Waals surface area contributed by atoms with E-state index < -0.39 is 5.60 Å². The lowest BCUT2D eigenvalue weighted by Gasteiger charge is -2.42. The van der Waals surface area contributed by atoms with Gasteiger partial charge < -0.3 is 19.9 Å². The zero-order valence-corrected chi connectivity index (χ0v) is 23.6. The van der Waals surface area contributed by atoms with Crippen molar-refractivity contribution in [2.75, 3.05) is 25.1 Å². The molecule has 1 aliphatic carbocycles. The summed E-state index contributed by atoms with van der Waals surface area (Å²) in [6.45, 7) is 6.30. The molecule has 8 heteroatoms. The number of piperidine rings is 1. The summed E-state index contributed by atoms with van der Waals surface area (Å²) in [5.41, 5.74) is 9.17. The van der Waals surface area contributed by atoms with Crippen LogP contribution in [0.4, 0.5) is 5.82 Å². The van der Waals surface area contributed by atoms with Crippen molar-refractivity contribution in [3.8, 4) is 0 Å². The third-order valence-electron chi connectivity index (χ3n) is 8.57. The largest absolute Gasteiger partial charge is 0.377 e. The van der Waals surface area contributed by atoms with Crippen LogP contribution in [0.15, 0.2) is 81.8 Å². The standard InChI is InChI=1S/C31H35N5O2S/c1-30(2,38-3)20-36-13-10-21-8-9-23(16-25(21)29(36)37)39-27-19-33-26(18-34-27)35-14-11-31(12-15-35)17-22-6-4-5-7-24(22)28(31)32/h4-10,13,16,18-19,28H,11-12,14-15,17,20,32H2,1-3H3/t28-/m1/s1. The number of rotatable bonds is 6. The highest BCUT2D eigenvalue weighted by Crippen LogP contribution is 2.50. The van der Waals surface area contributed by atoms with Crippen LogP contribution in [-0.4, -0.2) is 40.3 Å². The minimum absolute atomic E-state index is 0.0190. The van der Waals surface area contributed by atoms with Crippen molar-refractivity contribution < 1.29 is 4.74 Å². The second kappa shape index (κ2) is 10.1. The van der Waals surface area contributed by atoms with E-state index in [2.05, 4.69) is 29.2 Å². The molecular weight excluding hydrogens is 506 g/mol. The molecule has 1 aliphatic heterocycles. The summed E-state index contributed by atoms with van der Waals surface area (Å²) in [6, 6.07) is 16.7. The summed E-state index contributed by atoms with van der Waals surface area (Å²) < 4.78 is 7.24. The molecule has 0 amide bonds. The first-order valence-electron chi connectivity index (χ1n) is 13.5. The van der Waals surface area contributed by atoms with Gasteiger partial charge in [0, 0.05) is 42.7 Å². The quantitative estimate of drug-likeness (QED) is 0.359. The number of ether oxygens (including phenoxy) is 1. The molecule has 3 heterocycles. The summed E-state index contributed by atoms with van der Waals surface area (Å²) in [4.78, 5) is 25.9. The lowest BCUT2D eigenvalue weighted by Crippen LogP contribution is -2.44. The van der Waals surface area contributed by atoms with E-state index in [9.17, 15) is 4.79 Å². The van der Waals surface area contributed by atoms with Crippen molar-refractivity contribution in [3.05, 3.63) is 88.6 Å². The van der Waals surface area contributed by atoms with Crippen LogP contribution in [0.2, 0.25) is 0 Å². The van der Waals surface area contributed by atoms with Crippen LogP contribution in [0.25, 0.3) is 10.8 Å². The summed E-state index contributed by atoms with van der Waals surface area (Å²) in [5, 5.41) is 2.41. The topological polar surface area (TPSA) is 86.3 Å². The minimum atomic E-state index is -0.426. The van der Waals surface area contributed by atoms with Crippen molar-refractivity contribution in [3.63, 3.8) is 0 Å². The molecule has 2 aliphatic rings. The van der Waals surface area contributed by atoms with Crippen molar-refractivity contribution in [1.82, 2.24) is 14.5 Å². The predicted molar refractivity (Wildman–Crippen MR) is 156 cm³/mol. The maximum atomic E-state index is 13.2. The molecule has 0 bridgehead atoms. The fourth-order valence-corrected chi connectivity index (χ4v) is 6.82. The minimum Gasteiger partial charge on any atom is -0.377 e. The predicted octanol–water partition coefficient (Wildman–Crippen LogP) is 5.21. The van der Waals surface area contributed by atoms with E-state index in [-0.39, 0.29) is 17.0 Å². The van der Waals surface area contributed by atoms with Gasteiger partial charge in [-0.05, 0) is 73.2 Å². The first-order chi connectivity index (χ1) is 18.8. The molecule has 2 N–H and O–H groups in total. The summed E-state index contributed by atoms with van der Waals surface area (Å²) in [5.74, 6) is 0.903. The average Bonchev–Trinajstić information content (AvgIpc) is 3.22. The van der Waals surface area contributed by atoms with Crippen molar-refractivity contribution in [1.29, 1.82) is 0 Å². The molecule has 4 aromatic rings. The smallest absolute Gasteiger partial charge is 0.258 e. The number of pyridine rings is 1. The lowest BCUT2D eigenvalue weighted by atomic mass is 9.73. The van der Waals surface area contributed by atoms with Gasteiger partial charge in [0.05, 0.1) is 24.5 Å². The first kappa shape index (κ1) is 26.0. The highest BCUT2D eigenvalue weighted by Gasteiger charge is 2.45. The van der Waals surface area contributed by atoms with Gasteiger partial charge in [0.15, 0.2) is 0 Å². The number of anilines is 1. The zero-order chi connectivity index (χ0) is 27.2. The highest BCUT2D eigenvalue weighted by molar-refractivity contribution is 7.99. The van der Waals surface area contributed by atoms with Crippen LogP contribution in [0.1, 0.15) is 43.9 Å². The van der Waals surface area contributed by atoms with E-state index in [4.69, 9.17) is 20.4 Å². The van der Waals surface area contributed by atoms with Gasteiger partial charge in [-0.15, -0.1) is 0 Å². The van der Waals surface area contributed by atoms with Gasteiger partial charge in [-0.25, -0.2) is 9.97 Å². The number of hydrogen-bond donors (Lipinski definition) is 1. The van der Waals surface area contributed by atoms with E-state index in [1.54, 1.807) is 11.7 Å². The Labute approximate surface area is 233 Å². The maximum absolute atomic E-state index is 13.2.